The number of nitrogens with zero attached hydrogens (tertiary/aromatic N) is 1. The molecule has 1 atom stereocenters. The Morgan fingerprint density at radius 2 is 2.19 bits per heavy atom. The number of amides is 1. The van der Waals surface area contributed by atoms with Gasteiger partial charge in [0.1, 0.15) is 5.75 Å². The number of likely N-dealkylation sites (N-methyl/N-ethyl adjacent to an activating group) is 1. The van der Waals surface area contributed by atoms with E-state index in [1.54, 1.807) is 33.0 Å². The predicted molar refractivity (Wildman–Crippen MR) is 79.2 cm³/mol. The zero-order chi connectivity index (χ0) is 16.0. The third-order valence-corrected chi connectivity index (χ3v) is 3.55. The number of rotatable bonds is 8. The van der Waals surface area contributed by atoms with Crippen LogP contribution in [0.2, 0.25) is 0 Å². The third kappa shape index (κ3) is 4.42. The van der Waals surface area contributed by atoms with Crippen molar-refractivity contribution >= 4 is 11.6 Å². The molecule has 0 heterocycles. The summed E-state index contributed by atoms with van der Waals surface area (Å²) in [5, 5.41) is 13.6. The molecule has 0 aliphatic heterocycles. The first kappa shape index (κ1) is 16.9. The minimum atomic E-state index is -0.755. The Balaban J connectivity index is 2.52. The van der Waals surface area contributed by atoms with Gasteiger partial charge in [-0.25, -0.2) is 0 Å². The highest BCUT2D eigenvalue weighted by Crippen LogP contribution is 2.23. The van der Waals surface area contributed by atoms with E-state index in [1.807, 2.05) is 0 Å². The summed E-state index contributed by atoms with van der Waals surface area (Å²) in [6.45, 7) is 3.81. The van der Waals surface area contributed by atoms with E-state index in [0.29, 0.717) is 30.8 Å². The Hall–Kier alpha value is -2.15. The van der Waals surface area contributed by atoms with Gasteiger partial charge in [-0.15, -0.1) is 0 Å². The molecule has 0 spiro atoms. The number of ether oxygens (including phenoxy) is 1. The second-order valence-corrected chi connectivity index (χ2v) is 5.10. The van der Waals surface area contributed by atoms with E-state index in [4.69, 9.17) is 10.5 Å². The zero-order valence-electron chi connectivity index (χ0n) is 12.5. The van der Waals surface area contributed by atoms with Gasteiger partial charge < -0.3 is 15.8 Å². The van der Waals surface area contributed by atoms with Crippen LogP contribution < -0.4 is 15.8 Å². The average Bonchev–Trinajstić information content (AvgIpc) is 2.42. The lowest BCUT2D eigenvalue weighted by Gasteiger charge is -2.25. The number of benzene rings is 1. The number of primary amides is 1. The number of hydrogen-bond donors (Lipinski definition) is 2. The maximum absolute atomic E-state index is 11.3. The highest BCUT2D eigenvalue weighted by molar-refractivity contribution is 5.84. The number of nitro groups is 1. The van der Waals surface area contributed by atoms with Crippen LogP contribution in [0, 0.1) is 17.0 Å². The van der Waals surface area contributed by atoms with E-state index in [-0.39, 0.29) is 5.69 Å². The molecule has 1 aromatic rings. The molecular formula is C14H21N3O4. The van der Waals surface area contributed by atoms with E-state index in [1.165, 1.54) is 6.07 Å². The number of nitrogens with one attached hydrogen (secondary N) is 1. The fourth-order valence-electron chi connectivity index (χ4n) is 1.91. The van der Waals surface area contributed by atoms with Gasteiger partial charge in [-0.2, -0.15) is 0 Å². The summed E-state index contributed by atoms with van der Waals surface area (Å²) < 4.78 is 5.54. The summed E-state index contributed by atoms with van der Waals surface area (Å²) in [5.41, 5.74) is 5.20. The first-order valence-corrected chi connectivity index (χ1v) is 6.67. The van der Waals surface area contributed by atoms with Crippen LogP contribution in [0.1, 0.15) is 25.3 Å². The Labute approximate surface area is 123 Å². The second-order valence-electron chi connectivity index (χ2n) is 5.10. The summed E-state index contributed by atoms with van der Waals surface area (Å²) >= 11 is 0. The van der Waals surface area contributed by atoms with E-state index < -0.39 is 16.4 Å². The molecule has 1 unspecified atom stereocenters. The van der Waals surface area contributed by atoms with Crippen molar-refractivity contribution < 1.29 is 14.5 Å². The summed E-state index contributed by atoms with van der Waals surface area (Å²) in [6, 6.07) is 4.62. The Kier molecular flexibility index (Phi) is 5.66. The van der Waals surface area contributed by atoms with Gasteiger partial charge in [0, 0.05) is 11.6 Å². The number of aryl methyl sites for hydroxylation is 1. The van der Waals surface area contributed by atoms with E-state index in [2.05, 4.69) is 5.32 Å². The van der Waals surface area contributed by atoms with Gasteiger partial charge in [0.05, 0.1) is 17.1 Å². The quantitative estimate of drug-likeness (QED) is 0.429. The van der Waals surface area contributed by atoms with Crippen molar-refractivity contribution in [3.05, 3.63) is 33.9 Å². The standard InChI is InChI=1S/C14H21N3O4/c1-10-9-11(5-6-12(10)17(19)20)21-8-4-7-14(2,16-3)13(15)18/h5-6,9,16H,4,7-8H2,1-3H3,(H2,15,18). The molecule has 1 rings (SSSR count). The normalized spacial score (nSPS) is 13.5. The fraction of sp³-hybridized carbons (Fsp3) is 0.500. The van der Waals surface area contributed by atoms with Gasteiger partial charge in [-0.1, -0.05) is 0 Å². The van der Waals surface area contributed by atoms with Crippen molar-refractivity contribution in [1.29, 1.82) is 0 Å². The van der Waals surface area contributed by atoms with Crippen molar-refractivity contribution in [2.45, 2.75) is 32.2 Å². The molecule has 7 nitrogen and oxygen atoms in total. The molecule has 0 fully saturated rings. The average molecular weight is 295 g/mol. The first-order chi connectivity index (χ1) is 9.80. The molecule has 0 bridgehead atoms. The first-order valence-electron chi connectivity index (χ1n) is 6.67. The number of nitrogens with two attached hydrogens (primary N) is 1. The molecule has 3 N–H and O–H groups in total. The van der Waals surface area contributed by atoms with Crippen molar-refractivity contribution in [1.82, 2.24) is 5.32 Å². The summed E-state index contributed by atoms with van der Waals surface area (Å²) in [7, 11) is 1.69. The number of nitro benzene ring substituents is 1. The molecule has 0 radical (unpaired) electrons. The van der Waals surface area contributed by atoms with Crippen LogP contribution in [0.5, 0.6) is 5.75 Å². The van der Waals surface area contributed by atoms with Crippen molar-refractivity contribution in [3.63, 3.8) is 0 Å². The van der Waals surface area contributed by atoms with Gasteiger partial charge in [0.15, 0.2) is 0 Å². The Bertz CT molecular complexity index is 533. The molecule has 1 amide bonds. The SMILES string of the molecule is CNC(C)(CCCOc1ccc([N+](=O)[O-])c(C)c1)C(N)=O. The lowest BCUT2D eigenvalue weighted by molar-refractivity contribution is -0.385. The Morgan fingerprint density at radius 3 is 2.67 bits per heavy atom. The highest BCUT2D eigenvalue weighted by Gasteiger charge is 2.28. The molecule has 0 aliphatic rings. The molecule has 0 aromatic heterocycles. The van der Waals surface area contributed by atoms with Crippen molar-refractivity contribution in [2.24, 2.45) is 5.73 Å². The second kappa shape index (κ2) is 7.03. The maximum Gasteiger partial charge on any atom is 0.272 e. The molecule has 1 aromatic carbocycles. The van der Waals surface area contributed by atoms with Gasteiger partial charge in [0.2, 0.25) is 5.91 Å². The smallest absolute Gasteiger partial charge is 0.272 e. The third-order valence-electron chi connectivity index (χ3n) is 3.55. The number of hydrogen-bond acceptors (Lipinski definition) is 5. The lowest BCUT2D eigenvalue weighted by atomic mass is 9.95. The maximum atomic E-state index is 11.3. The van der Waals surface area contributed by atoms with Gasteiger partial charge >= 0.3 is 0 Å². The minimum absolute atomic E-state index is 0.0684. The minimum Gasteiger partial charge on any atom is -0.494 e. The molecule has 21 heavy (non-hydrogen) atoms. The molecular weight excluding hydrogens is 274 g/mol. The van der Waals surface area contributed by atoms with Crippen LogP contribution in [0.25, 0.3) is 0 Å². The van der Waals surface area contributed by atoms with Crippen molar-refractivity contribution in [2.75, 3.05) is 13.7 Å². The van der Waals surface area contributed by atoms with E-state index in [9.17, 15) is 14.9 Å². The number of carbonyl (C=O) groups is 1. The van der Waals surface area contributed by atoms with Crippen LogP contribution in [-0.2, 0) is 4.79 Å². The van der Waals surface area contributed by atoms with Crippen molar-refractivity contribution in [3.8, 4) is 5.75 Å². The molecule has 0 aliphatic carbocycles. The largest absolute Gasteiger partial charge is 0.494 e. The van der Waals surface area contributed by atoms with Crippen LogP contribution >= 0.6 is 0 Å². The molecule has 0 saturated carbocycles. The monoisotopic (exact) mass is 295 g/mol. The van der Waals surface area contributed by atoms with E-state index >= 15 is 0 Å². The fourth-order valence-corrected chi connectivity index (χ4v) is 1.91. The van der Waals surface area contributed by atoms with E-state index in [0.717, 1.165) is 0 Å². The molecule has 116 valence electrons. The van der Waals surface area contributed by atoms with Crippen LogP contribution in [-0.4, -0.2) is 30.0 Å². The Morgan fingerprint density at radius 1 is 1.52 bits per heavy atom. The lowest BCUT2D eigenvalue weighted by Crippen LogP contribution is -2.51. The van der Waals surface area contributed by atoms with Gasteiger partial charge in [0.25, 0.3) is 5.69 Å². The zero-order valence-corrected chi connectivity index (χ0v) is 12.5. The summed E-state index contributed by atoms with van der Waals surface area (Å²) in [5.74, 6) is 0.166. The van der Waals surface area contributed by atoms with Gasteiger partial charge in [-0.05, 0) is 45.9 Å². The number of carbonyl (C=O) groups excluding carboxylic acids is 1. The van der Waals surface area contributed by atoms with Crippen LogP contribution in [0.3, 0.4) is 0 Å². The highest BCUT2D eigenvalue weighted by atomic mass is 16.6. The topological polar surface area (TPSA) is 107 Å². The van der Waals surface area contributed by atoms with Crippen LogP contribution in [0.15, 0.2) is 18.2 Å². The summed E-state index contributed by atoms with van der Waals surface area (Å²) in [4.78, 5) is 21.6. The molecule has 7 heteroatoms. The predicted octanol–water partition coefficient (Wildman–Crippen LogP) is 1.53. The van der Waals surface area contributed by atoms with Gasteiger partial charge in [-0.3, -0.25) is 14.9 Å². The van der Waals surface area contributed by atoms with Crippen LogP contribution in [0.4, 0.5) is 5.69 Å². The molecule has 0 saturated heterocycles. The summed E-state index contributed by atoms with van der Waals surface area (Å²) in [6.07, 6.45) is 1.18.